The van der Waals surface area contributed by atoms with Crippen LogP contribution in [0.3, 0.4) is 0 Å². The molecular formula is C15H21N3O2. The van der Waals surface area contributed by atoms with E-state index < -0.39 is 0 Å². The molecule has 108 valence electrons. The highest BCUT2D eigenvalue weighted by molar-refractivity contribution is 6.00. The zero-order valence-electron chi connectivity index (χ0n) is 12.0. The van der Waals surface area contributed by atoms with Gasteiger partial charge in [0.1, 0.15) is 0 Å². The molecule has 0 aliphatic rings. The van der Waals surface area contributed by atoms with Gasteiger partial charge in [-0.2, -0.15) is 0 Å². The summed E-state index contributed by atoms with van der Waals surface area (Å²) in [5, 5.41) is 2.08. The number of ether oxygens (including phenoxy) is 2. The van der Waals surface area contributed by atoms with Crippen LogP contribution in [0.1, 0.15) is 0 Å². The van der Waals surface area contributed by atoms with Crippen molar-refractivity contribution in [3.8, 4) is 0 Å². The molecule has 0 saturated heterocycles. The van der Waals surface area contributed by atoms with E-state index in [4.69, 9.17) is 15.2 Å². The third-order valence-corrected chi connectivity index (χ3v) is 3.30. The zero-order chi connectivity index (χ0) is 14.4. The Morgan fingerprint density at radius 2 is 1.75 bits per heavy atom. The number of nitrogen functional groups attached to an aromatic ring is 1. The number of anilines is 2. The SMILES string of the molecule is COCCN(CCOC)c1ccc(N)c2ccncc12. The number of aromatic nitrogens is 1. The topological polar surface area (TPSA) is 60.6 Å². The Hall–Kier alpha value is -1.85. The molecule has 1 aromatic heterocycles. The lowest BCUT2D eigenvalue weighted by atomic mass is 10.1. The van der Waals surface area contributed by atoms with Crippen LogP contribution in [0.2, 0.25) is 0 Å². The fourth-order valence-electron chi connectivity index (χ4n) is 2.23. The van der Waals surface area contributed by atoms with Crippen molar-refractivity contribution >= 4 is 22.1 Å². The molecule has 0 amide bonds. The van der Waals surface area contributed by atoms with Crippen molar-refractivity contribution in [1.29, 1.82) is 0 Å². The summed E-state index contributed by atoms with van der Waals surface area (Å²) in [6, 6.07) is 5.91. The van der Waals surface area contributed by atoms with Crippen LogP contribution in [-0.2, 0) is 9.47 Å². The van der Waals surface area contributed by atoms with E-state index in [1.54, 1.807) is 20.4 Å². The largest absolute Gasteiger partial charge is 0.398 e. The maximum atomic E-state index is 6.03. The molecule has 2 N–H and O–H groups in total. The van der Waals surface area contributed by atoms with Gasteiger partial charge in [-0.25, -0.2) is 0 Å². The molecule has 0 atom stereocenters. The van der Waals surface area contributed by atoms with Crippen molar-refractivity contribution < 1.29 is 9.47 Å². The van der Waals surface area contributed by atoms with E-state index in [9.17, 15) is 0 Å². The number of nitrogens with zero attached hydrogens (tertiary/aromatic N) is 2. The van der Waals surface area contributed by atoms with E-state index in [-0.39, 0.29) is 0 Å². The molecular weight excluding hydrogens is 254 g/mol. The summed E-state index contributed by atoms with van der Waals surface area (Å²) in [6.07, 6.45) is 3.62. The maximum absolute atomic E-state index is 6.03. The Balaban J connectivity index is 2.38. The van der Waals surface area contributed by atoms with Crippen LogP contribution in [0.15, 0.2) is 30.6 Å². The molecule has 20 heavy (non-hydrogen) atoms. The average Bonchev–Trinajstić information content (AvgIpc) is 2.49. The number of nitrogens with two attached hydrogens (primary N) is 1. The first-order valence-corrected chi connectivity index (χ1v) is 6.63. The van der Waals surface area contributed by atoms with Gasteiger partial charge in [0.05, 0.1) is 13.2 Å². The monoisotopic (exact) mass is 275 g/mol. The van der Waals surface area contributed by atoms with Crippen molar-refractivity contribution in [2.45, 2.75) is 0 Å². The normalized spacial score (nSPS) is 10.9. The Morgan fingerprint density at radius 1 is 1.05 bits per heavy atom. The summed E-state index contributed by atoms with van der Waals surface area (Å²) in [4.78, 5) is 6.45. The van der Waals surface area contributed by atoms with E-state index in [0.717, 1.165) is 35.2 Å². The molecule has 2 rings (SSSR count). The Bertz CT molecular complexity index is 552. The summed E-state index contributed by atoms with van der Waals surface area (Å²) in [7, 11) is 3.41. The molecule has 0 bridgehead atoms. The van der Waals surface area contributed by atoms with E-state index in [0.29, 0.717) is 13.2 Å². The minimum atomic E-state index is 0.663. The number of rotatable bonds is 7. The molecule has 0 spiro atoms. The second kappa shape index (κ2) is 7.07. The van der Waals surface area contributed by atoms with Crippen LogP contribution < -0.4 is 10.6 Å². The molecule has 0 aliphatic heterocycles. The molecule has 5 heteroatoms. The fourth-order valence-corrected chi connectivity index (χ4v) is 2.23. The van der Waals surface area contributed by atoms with Crippen molar-refractivity contribution in [1.82, 2.24) is 4.98 Å². The fraction of sp³-hybridized carbons (Fsp3) is 0.400. The second-order valence-electron chi connectivity index (χ2n) is 4.57. The van der Waals surface area contributed by atoms with Crippen molar-refractivity contribution in [2.24, 2.45) is 0 Å². The van der Waals surface area contributed by atoms with Gasteiger partial charge < -0.3 is 20.1 Å². The number of benzene rings is 1. The lowest BCUT2D eigenvalue weighted by Crippen LogP contribution is -2.30. The molecule has 5 nitrogen and oxygen atoms in total. The van der Waals surface area contributed by atoms with Crippen LogP contribution in [0.5, 0.6) is 0 Å². The molecule has 0 aliphatic carbocycles. The average molecular weight is 275 g/mol. The number of pyridine rings is 1. The standard InChI is InChI=1S/C15H21N3O2/c1-19-9-7-18(8-10-20-2)15-4-3-14(16)12-5-6-17-11-13(12)15/h3-6,11H,7-10,16H2,1-2H3. The lowest BCUT2D eigenvalue weighted by molar-refractivity contribution is 0.190. The van der Waals surface area contributed by atoms with Gasteiger partial charge in [-0.15, -0.1) is 0 Å². The van der Waals surface area contributed by atoms with Gasteiger partial charge in [0.2, 0.25) is 0 Å². The minimum absolute atomic E-state index is 0.663. The van der Waals surface area contributed by atoms with Crippen molar-refractivity contribution in [2.75, 3.05) is 51.2 Å². The Kier molecular flexibility index (Phi) is 5.15. The lowest BCUT2D eigenvalue weighted by Gasteiger charge is -2.26. The van der Waals surface area contributed by atoms with Crippen LogP contribution >= 0.6 is 0 Å². The summed E-state index contributed by atoms with van der Waals surface area (Å²) in [6.45, 7) is 2.92. The predicted octanol–water partition coefficient (Wildman–Crippen LogP) is 1.92. The number of fused-ring (bicyclic) bond motifs is 1. The summed E-state index contributed by atoms with van der Waals surface area (Å²) in [5.74, 6) is 0. The van der Waals surface area contributed by atoms with E-state index in [1.165, 1.54) is 0 Å². The predicted molar refractivity (Wildman–Crippen MR) is 82.1 cm³/mol. The van der Waals surface area contributed by atoms with Crippen LogP contribution in [-0.4, -0.2) is 45.5 Å². The van der Waals surface area contributed by atoms with Crippen LogP contribution in [0.4, 0.5) is 11.4 Å². The molecule has 0 fully saturated rings. The van der Waals surface area contributed by atoms with E-state index >= 15 is 0 Å². The molecule has 0 radical (unpaired) electrons. The molecule has 1 aromatic carbocycles. The summed E-state index contributed by atoms with van der Waals surface area (Å²) < 4.78 is 10.4. The number of hydrogen-bond donors (Lipinski definition) is 1. The van der Waals surface area contributed by atoms with Crippen molar-refractivity contribution in [3.63, 3.8) is 0 Å². The van der Waals surface area contributed by atoms with Gasteiger partial charge in [0, 0.05) is 61.9 Å². The molecule has 0 saturated carbocycles. The zero-order valence-corrected chi connectivity index (χ0v) is 12.0. The third-order valence-electron chi connectivity index (χ3n) is 3.30. The number of hydrogen-bond acceptors (Lipinski definition) is 5. The third kappa shape index (κ3) is 3.18. The first-order valence-electron chi connectivity index (χ1n) is 6.63. The van der Waals surface area contributed by atoms with Crippen LogP contribution in [0, 0.1) is 0 Å². The first-order chi connectivity index (χ1) is 9.77. The number of methoxy groups -OCH3 is 2. The van der Waals surface area contributed by atoms with Crippen molar-refractivity contribution in [3.05, 3.63) is 30.6 Å². The quantitative estimate of drug-likeness (QED) is 0.782. The van der Waals surface area contributed by atoms with Gasteiger partial charge in [0.25, 0.3) is 0 Å². The van der Waals surface area contributed by atoms with Gasteiger partial charge in [-0.05, 0) is 18.2 Å². The summed E-state index contributed by atoms with van der Waals surface area (Å²) in [5.41, 5.74) is 7.91. The van der Waals surface area contributed by atoms with Gasteiger partial charge >= 0.3 is 0 Å². The Labute approximate surface area is 119 Å². The van der Waals surface area contributed by atoms with E-state index in [1.807, 2.05) is 24.4 Å². The highest BCUT2D eigenvalue weighted by Gasteiger charge is 2.11. The minimum Gasteiger partial charge on any atom is -0.398 e. The Morgan fingerprint density at radius 3 is 2.40 bits per heavy atom. The molecule has 1 heterocycles. The highest BCUT2D eigenvalue weighted by Crippen LogP contribution is 2.30. The second-order valence-corrected chi connectivity index (χ2v) is 4.57. The maximum Gasteiger partial charge on any atom is 0.0637 e. The first kappa shape index (κ1) is 14.6. The molecule has 2 aromatic rings. The summed E-state index contributed by atoms with van der Waals surface area (Å²) >= 11 is 0. The van der Waals surface area contributed by atoms with Gasteiger partial charge in [0.15, 0.2) is 0 Å². The highest BCUT2D eigenvalue weighted by atomic mass is 16.5. The van der Waals surface area contributed by atoms with Crippen LogP contribution in [0.25, 0.3) is 10.8 Å². The smallest absolute Gasteiger partial charge is 0.0637 e. The van der Waals surface area contributed by atoms with Gasteiger partial charge in [-0.3, -0.25) is 4.98 Å². The molecule has 0 unspecified atom stereocenters. The van der Waals surface area contributed by atoms with Gasteiger partial charge in [-0.1, -0.05) is 0 Å². The van der Waals surface area contributed by atoms with E-state index in [2.05, 4.69) is 9.88 Å².